The minimum atomic E-state index is -4.75. The molecule has 1 aliphatic heterocycles. The van der Waals surface area contributed by atoms with Crippen molar-refractivity contribution in [1.82, 2.24) is 9.55 Å². The Bertz CT molecular complexity index is 673. The third-order valence-electron chi connectivity index (χ3n) is 3.67. The molecule has 0 bridgehead atoms. The van der Waals surface area contributed by atoms with Crippen LogP contribution in [0.15, 0.2) is 11.0 Å². The topological polar surface area (TPSA) is 146 Å². The van der Waals surface area contributed by atoms with Gasteiger partial charge in [-0.15, -0.1) is 0 Å². The van der Waals surface area contributed by atoms with Crippen molar-refractivity contribution in [3.8, 4) is 0 Å². The Balaban J connectivity index is 2.42. The van der Waals surface area contributed by atoms with Crippen LogP contribution in [0.2, 0.25) is 0 Å². The number of nitrogens with two attached hydrogens (primary N) is 1. The van der Waals surface area contributed by atoms with Gasteiger partial charge in [0.2, 0.25) is 0 Å². The van der Waals surface area contributed by atoms with Crippen molar-refractivity contribution in [2.24, 2.45) is 0 Å². The van der Waals surface area contributed by atoms with Crippen molar-refractivity contribution in [2.45, 2.75) is 44.8 Å². The van der Waals surface area contributed by atoms with Crippen LogP contribution >= 0.6 is 7.82 Å². The molecule has 0 spiro atoms. The number of rotatable bonds is 5. The number of aryl methyl sites for hydroxylation is 1. The monoisotopic (exact) mass is 349 g/mol. The third-order valence-corrected chi connectivity index (χ3v) is 4.19. The molecular weight excluding hydrogens is 329 g/mol. The predicted molar refractivity (Wildman–Crippen MR) is 79.6 cm³/mol. The average Bonchev–Trinajstić information content (AvgIpc) is 2.78. The number of nitrogens with zero attached hydrogens (tertiary/aromatic N) is 2. The zero-order chi connectivity index (χ0) is 17.4. The molecule has 0 aliphatic carbocycles. The van der Waals surface area contributed by atoms with Gasteiger partial charge in [-0.3, -0.25) is 9.09 Å². The maximum atomic E-state index is 12.1. The fourth-order valence-corrected chi connectivity index (χ4v) is 3.13. The van der Waals surface area contributed by atoms with Crippen molar-refractivity contribution < 1.29 is 28.3 Å². The average molecular weight is 349 g/mol. The summed E-state index contributed by atoms with van der Waals surface area (Å²) in [4.78, 5) is 33.9. The molecule has 10 nitrogen and oxygen atoms in total. The smallest absolute Gasteiger partial charge is 0.383 e. The van der Waals surface area contributed by atoms with Crippen molar-refractivity contribution in [3.05, 3.63) is 22.2 Å². The Kier molecular flexibility index (Phi) is 5.24. The van der Waals surface area contributed by atoms with Gasteiger partial charge >= 0.3 is 13.5 Å². The fraction of sp³-hybridized carbons (Fsp3) is 0.667. The summed E-state index contributed by atoms with van der Waals surface area (Å²) >= 11 is 0. The van der Waals surface area contributed by atoms with Gasteiger partial charge in [0.25, 0.3) is 0 Å². The molecule has 130 valence electrons. The van der Waals surface area contributed by atoms with Crippen molar-refractivity contribution in [2.75, 3.05) is 12.8 Å². The summed E-state index contributed by atoms with van der Waals surface area (Å²) in [7, 11) is -3.40. The minimum Gasteiger partial charge on any atom is -0.383 e. The first-order valence-corrected chi connectivity index (χ1v) is 8.48. The van der Waals surface area contributed by atoms with Crippen LogP contribution in [0.3, 0.4) is 0 Å². The van der Waals surface area contributed by atoms with E-state index in [-0.39, 0.29) is 5.82 Å². The SMILES string of the molecule is CC[C@H]1OC(n2cc(C)c(N)nc2=O)C(OC)C1OP(=O)(O)O. The lowest BCUT2D eigenvalue weighted by molar-refractivity contribution is -0.0541. The van der Waals surface area contributed by atoms with Crippen molar-refractivity contribution >= 4 is 13.6 Å². The molecule has 1 aromatic heterocycles. The van der Waals surface area contributed by atoms with Gasteiger partial charge in [-0.2, -0.15) is 4.98 Å². The second-order valence-corrected chi connectivity index (χ2v) is 6.43. The van der Waals surface area contributed by atoms with E-state index in [1.807, 2.05) is 0 Å². The molecule has 2 heterocycles. The lowest BCUT2D eigenvalue weighted by Gasteiger charge is -2.23. The zero-order valence-corrected chi connectivity index (χ0v) is 13.8. The number of phosphoric acid groups is 1. The van der Waals surface area contributed by atoms with Crippen LogP contribution in [-0.4, -0.2) is 44.8 Å². The van der Waals surface area contributed by atoms with Gasteiger partial charge in [0.05, 0.1) is 6.10 Å². The van der Waals surface area contributed by atoms with E-state index in [2.05, 4.69) is 4.98 Å². The van der Waals surface area contributed by atoms with E-state index < -0.39 is 38.1 Å². The van der Waals surface area contributed by atoms with Gasteiger partial charge < -0.3 is 25.0 Å². The summed E-state index contributed by atoms with van der Waals surface area (Å²) in [5.74, 6) is 0.105. The van der Waals surface area contributed by atoms with Gasteiger partial charge in [0.1, 0.15) is 18.0 Å². The molecule has 11 heteroatoms. The maximum Gasteiger partial charge on any atom is 0.470 e. The van der Waals surface area contributed by atoms with Gasteiger partial charge in [0, 0.05) is 18.9 Å². The fourth-order valence-electron chi connectivity index (χ4n) is 2.56. The van der Waals surface area contributed by atoms with E-state index in [0.29, 0.717) is 12.0 Å². The van der Waals surface area contributed by atoms with Crippen LogP contribution in [0.4, 0.5) is 5.82 Å². The highest BCUT2D eigenvalue weighted by molar-refractivity contribution is 7.46. The van der Waals surface area contributed by atoms with E-state index in [4.69, 9.17) is 29.5 Å². The van der Waals surface area contributed by atoms with Crippen molar-refractivity contribution in [3.63, 3.8) is 0 Å². The first-order chi connectivity index (χ1) is 10.7. The van der Waals surface area contributed by atoms with E-state index >= 15 is 0 Å². The van der Waals surface area contributed by atoms with Gasteiger partial charge in [0.15, 0.2) is 6.23 Å². The summed E-state index contributed by atoms with van der Waals surface area (Å²) in [6.45, 7) is 3.45. The van der Waals surface area contributed by atoms with E-state index in [1.54, 1.807) is 13.8 Å². The number of hydrogen-bond acceptors (Lipinski definition) is 7. The van der Waals surface area contributed by atoms with E-state index in [1.165, 1.54) is 17.9 Å². The first kappa shape index (κ1) is 18.1. The van der Waals surface area contributed by atoms with E-state index in [0.717, 1.165) is 0 Å². The summed E-state index contributed by atoms with van der Waals surface area (Å²) in [6.07, 6.45) is -1.62. The second-order valence-electron chi connectivity index (χ2n) is 5.23. The Morgan fingerprint density at radius 3 is 2.65 bits per heavy atom. The van der Waals surface area contributed by atoms with Gasteiger partial charge in [-0.05, 0) is 13.3 Å². The largest absolute Gasteiger partial charge is 0.470 e. The summed E-state index contributed by atoms with van der Waals surface area (Å²) in [5, 5.41) is 0. The third kappa shape index (κ3) is 3.79. The molecule has 1 aliphatic rings. The number of methoxy groups -OCH3 is 1. The lowest BCUT2D eigenvalue weighted by Crippen LogP contribution is -2.38. The molecule has 3 unspecified atom stereocenters. The summed E-state index contributed by atoms with van der Waals surface area (Å²) < 4.78 is 28.2. The highest BCUT2D eigenvalue weighted by Crippen LogP contribution is 2.45. The minimum absolute atomic E-state index is 0.105. The molecule has 2 rings (SSSR count). The molecule has 4 atom stereocenters. The Morgan fingerprint density at radius 1 is 1.48 bits per heavy atom. The molecule has 0 saturated carbocycles. The second kappa shape index (κ2) is 6.68. The summed E-state index contributed by atoms with van der Waals surface area (Å²) in [6, 6.07) is 0. The normalized spacial score (nSPS) is 28.2. The Morgan fingerprint density at radius 2 is 2.13 bits per heavy atom. The van der Waals surface area contributed by atoms with E-state index in [9.17, 15) is 9.36 Å². The highest BCUT2D eigenvalue weighted by atomic mass is 31.2. The molecule has 0 amide bonds. The maximum absolute atomic E-state index is 12.1. The molecule has 1 saturated heterocycles. The molecule has 0 aromatic carbocycles. The predicted octanol–water partition coefficient (Wildman–Crippen LogP) is -0.0658. The lowest BCUT2D eigenvalue weighted by atomic mass is 10.1. The number of nitrogen functional groups attached to an aromatic ring is 1. The standard InChI is InChI=1S/C12H20N3O7P/c1-4-7-8(22-23(17,18)19)9(20-3)11(21-7)15-5-6(2)10(13)14-12(15)16/h5,7-9,11H,4H2,1-3H3,(H2,13,14,16)(H2,17,18,19)/t7-,8?,9?,11?/m1/s1. The number of anilines is 1. The number of aromatic nitrogens is 2. The molecule has 1 fully saturated rings. The number of hydrogen-bond donors (Lipinski definition) is 3. The number of ether oxygens (including phenoxy) is 2. The summed E-state index contributed by atoms with van der Waals surface area (Å²) in [5.41, 5.74) is 5.51. The first-order valence-electron chi connectivity index (χ1n) is 6.95. The van der Waals surface area contributed by atoms with Gasteiger partial charge in [-0.1, -0.05) is 6.92 Å². The van der Waals surface area contributed by atoms with Crippen LogP contribution in [0, 0.1) is 6.92 Å². The molecule has 1 aromatic rings. The molecular formula is C12H20N3O7P. The van der Waals surface area contributed by atoms with Crippen LogP contribution < -0.4 is 11.4 Å². The van der Waals surface area contributed by atoms with Crippen molar-refractivity contribution in [1.29, 1.82) is 0 Å². The quantitative estimate of drug-likeness (QED) is 0.622. The van der Waals surface area contributed by atoms with Crippen LogP contribution in [0.5, 0.6) is 0 Å². The molecule has 23 heavy (non-hydrogen) atoms. The highest BCUT2D eigenvalue weighted by Gasteiger charge is 2.49. The van der Waals surface area contributed by atoms with Crippen LogP contribution in [-0.2, 0) is 18.6 Å². The Hall–Kier alpha value is -1.29. The van der Waals surface area contributed by atoms with Crippen LogP contribution in [0.25, 0.3) is 0 Å². The van der Waals surface area contributed by atoms with Crippen LogP contribution in [0.1, 0.15) is 25.1 Å². The zero-order valence-electron chi connectivity index (χ0n) is 12.9. The molecule has 0 radical (unpaired) electrons. The Labute approximate surface area is 132 Å². The molecule has 4 N–H and O–H groups in total. The number of phosphoric ester groups is 1. The van der Waals surface area contributed by atoms with Gasteiger partial charge in [-0.25, -0.2) is 9.36 Å².